The highest BCUT2D eigenvalue weighted by Gasteiger charge is 2.22. The van der Waals surface area contributed by atoms with Crippen LogP contribution in [0.15, 0.2) is 23.0 Å². The highest BCUT2D eigenvalue weighted by atomic mass is 16.1. The Balaban J connectivity index is 1.77. The van der Waals surface area contributed by atoms with Crippen LogP contribution in [0.1, 0.15) is 43.2 Å². The van der Waals surface area contributed by atoms with Crippen LogP contribution in [0.25, 0.3) is 11.0 Å². The summed E-state index contributed by atoms with van der Waals surface area (Å²) < 4.78 is 3.84. The number of piperidine rings is 2. The zero-order chi connectivity index (χ0) is 15.8. The molecule has 0 unspecified atom stereocenters. The van der Waals surface area contributed by atoms with E-state index in [1.165, 1.54) is 18.4 Å². The summed E-state index contributed by atoms with van der Waals surface area (Å²) in [5.41, 5.74) is 3.67. The van der Waals surface area contributed by atoms with E-state index in [0.717, 1.165) is 50.1 Å². The molecule has 0 saturated carbocycles. The van der Waals surface area contributed by atoms with Gasteiger partial charge < -0.3 is 10.6 Å². The van der Waals surface area contributed by atoms with Crippen molar-refractivity contribution in [3.05, 3.63) is 34.2 Å². The number of aromatic nitrogens is 2. The van der Waals surface area contributed by atoms with Gasteiger partial charge in [-0.1, -0.05) is 6.07 Å². The Morgan fingerprint density at radius 1 is 1.04 bits per heavy atom. The van der Waals surface area contributed by atoms with Gasteiger partial charge in [0.2, 0.25) is 0 Å². The van der Waals surface area contributed by atoms with E-state index in [9.17, 15) is 4.79 Å². The quantitative estimate of drug-likeness (QED) is 0.888. The fraction of sp³-hybridized carbons (Fsp3) is 0.611. The molecule has 1 aromatic heterocycles. The lowest BCUT2D eigenvalue weighted by molar-refractivity contribution is 0.369. The molecular weight excluding hydrogens is 288 g/mol. The van der Waals surface area contributed by atoms with Gasteiger partial charge >= 0.3 is 5.69 Å². The number of aryl methyl sites for hydroxylation is 1. The molecule has 0 aliphatic carbocycles. The summed E-state index contributed by atoms with van der Waals surface area (Å²) in [7, 11) is 1.91. The van der Waals surface area contributed by atoms with Gasteiger partial charge in [-0.3, -0.25) is 9.13 Å². The van der Waals surface area contributed by atoms with Crippen LogP contribution in [0.2, 0.25) is 0 Å². The highest BCUT2D eigenvalue weighted by molar-refractivity contribution is 5.77. The molecule has 5 nitrogen and oxygen atoms in total. The Morgan fingerprint density at radius 2 is 1.87 bits per heavy atom. The van der Waals surface area contributed by atoms with Crippen molar-refractivity contribution in [1.82, 2.24) is 19.8 Å². The number of fused-ring (bicyclic) bond motifs is 1. The minimum Gasteiger partial charge on any atom is -0.317 e. The Bertz CT molecular complexity index is 748. The molecule has 0 spiro atoms. The molecule has 1 atom stereocenters. The number of imidazole rings is 1. The molecule has 2 aliphatic rings. The molecule has 0 amide bonds. The molecule has 0 radical (unpaired) electrons. The molecule has 4 rings (SSSR count). The minimum absolute atomic E-state index is 0.121. The zero-order valence-corrected chi connectivity index (χ0v) is 13.8. The van der Waals surface area contributed by atoms with Gasteiger partial charge in [0.05, 0.1) is 17.1 Å². The second-order valence-corrected chi connectivity index (χ2v) is 6.98. The lowest BCUT2D eigenvalue weighted by Gasteiger charge is -2.24. The molecule has 124 valence electrons. The van der Waals surface area contributed by atoms with Crippen molar-refractivity contribution in [3.8, 4) is 0 Å². The summed E-state index contributed by atoms with van der Waals surface area (Å²) in [6, 6.07) is 6.94. The number of benzene rings is 1. The van der Waals surface area contributed by atoms with Gasteiger partial charge in [-0.2, -0.15) is 0 Å². The fourth-order valence-corrected chi connectivity index (χ4v) is 4.20. The SMILES string of the molecule is Cn1c(=O)n([C@H]2CCCNC2)c2ccc(C3CCNCC3)cc21. The third kappa shape index (κ3) is 2.62. The molecule has 5 heteroatoms. The van der Waals surface area contributed by atoms with Gasteiger partial charge in [-0.05, 0) is 68.9 Å². The summed E-state index contributed by atoms with van der Waals surface area (Å²) >= 11 is 0. The third-order valence-corrected chi connectivity index (χ3v) is 5.56. The number of rotatable bonds is 2. The van der Waals surface area contributed by atoms with E-state index in [1.54, 1.807) is 0 Å². The van der Waals surface area contributed by atoms with Crippen molar-refractivity contribution in [2.24, 2.45) is 7.05 Å². The Hall–Kier alpha value is -1.59. The molecule has 0 bridgehead atoms. The van der Waals surface area contributed by atoms with E-state index in [0.29, 0.717) is 5.92 Å². The molecule has 2 aromatic rings. The largest absolute Gasteiger partial charge is 0.329 e. The van der Waals surface area contributed by atoms with E-state index in [2.05, 4.69) is 28.8 Å². The normalized spacial score (nSPS) is 23.4. The van der Waals surface area contributed by atoms with Crippen LogP contribution < -0.4 is 16.3 Å². The maximum absolute atomic E-state index is 12.8. The van der Waals surface area contributed by atoms with Crippen LogP contribution in [0.5, 0.6) is 0 Å². The summed E-state index contributed by atoms with van der Waals surface area (Å²) in [4.78, 5) is 12.8. The Kier molecular flexibility index (Phi) is 3.99. The standard InChI is InChI=1S/C18H26N4O/c1-21-17-11-14(13-6-9-19-10-7-13)4-5-16(17)22(18(21)23)15-3-2-8-20-12-15/h4-5,11,13,15,19-20H,2-3,6-10,12H2,1H3/t15-/m0/s1. The first-order chi connectivity index (χ1) is 11.3. The fourth-order valence-electron chi connectivity index (χ4n) is 4.20. The van der Waals surface area contributed by atoms with Gasteiger partial charge in [0.15, 0.2) is 0 Å². The van der Waals surface area contributed by atoms with Crippen LogP contribution in [0.3, 0.4) is 0 Å². The van der Waals surface area contributed by atoms with Crippen molar-refractivity contribution in [3.63, 3.8) is 0 Å². The van der Waals surface area contributed by atoms with Gasteiger partial charge in [0.25, 0.3) is 0 Å². The zero-order valence-electron chi connectivity index (χ0n) is 13.8. The Labute approximate surface area is 136 Å². The van der Waals surface area contributed by atoms with E-state index >= 15 is 0 Å². The first-order valence-electron chi connectivity index (χ1n) is 8.88. The van der Waals surface area contributed by atoms with Crippen LogP contribution in [0, 0.1) is 0 Å². The predicted octanol–water partition coefficient (Wildman–Crippen LogP) is 1.73. The second kappa shape index (κ2) is 6.13. The van der Waals surface area contributed by atoms with Crippen LogP contribution in [-0.4, -0.2) is 35.3 Å². The first-order valence-corrected chi connectivity index (χ1v) is 8.88. The molecule has 23 heavy (non-hydrogen) atoms. The van der Waals surface area contributed by atoms with Gasteiger partial charge in [0.1, 0.15) is 0 Å². The topological polar surface area (TPSA) is 51.0 Å². The summed E-state index contributed by atoms with van der Waals surface area (Å²) in [5.74, 6) is 0.621. The van der Waals surface area contributed by atoms with Crippen molar-refractivity contribution in [1.29, 1.82) is 0 Å². The monoisotopic (exact) mass is 314 g/mol. The van der Waals surface area contributed by atoms with Crippen LogP contribution >= 0.6 is 0 Å². The highest BCUT2D eigenvalue weighted by Crippen LogP contribution is 2.29. The number of hydrogen-bond donors (Lipinski definition) is 2. The van der Waals surface area contributed by atoms with Crippen molar-refractivity contribution < 1.29 is 0 Å². The molecule has 1 aromatic carbocycles. The Morgan fingerprint density at radius 3 is 2.61 bits per heavy atom. The molecule has 2 fully saturated rings. The van der Waals surface area contributed by atoms with E-state index in [1.807, 2.05) is 16.2 Å². The second-order valence-electron chi connectivity index (χ2n) is 6.98. The lowest BCUT2D eigenvalue weighted by atomic mass is 9.90. The lowest BCUT2D eigenvalue weighted by Crippen LogP contribution is -2.36. The smallest absolute Gasteiger partial charge is 0.317 e. The first kappa shape index (κ1) is 15.0. The predicted molar refractivity (Wildman–Crippen MR) is 93.2 cm³/mol. The van der Waals surface area contributed by atoms with Crippen molar-refractivity contribution in [2.75, 3.05) is 26.2 Å². The maximum atomic E-state index is 12.8. The van der Waals surface area contributed by atoms with Gasteiger partial charge in [0, 0.05) is 13.6 Å². The summed E-state index contributed by atoms with van der Waals surface area (Å²) in [5, 5.41) is 6.84. The van der Waals surface area contributed by atoms with Crippen LogP contribution in [-0.2, 0) is 7.05 Å². The average molecular weight is 314 g/mol. The molecular formula is C18H26N4O. The number of nitrogens with zero attached hydrogens (tertiary/aromatic N) is 2. The maximum Gasteiger partial charge on any atom is 0.329 e. The number of hydrogen-bond acceptors (Lipinski definition) is 3. The minimum atomic E-state index is 0.121. The van der Waals surface area contributed by atoms with E-state index in [4.69, 9.17) is 0 Å². The third-order valence-electron chi connectivity index (χ3n) is 5.56. The summed E-state index contributed by atoms with van der Waals surface area (Å²) in [6.07, 6.45) is 4.60. The van der Waals surface area contributed by atoms with Crippen molar-refractivity contribution in [2.45, 2.75) is 37.6 Å². The average Bonchev–Trinajstić information content (AvgIpc) is 2.87. The molecule has 2 aliphatic heterocycles. The van der Waals surface area contributed by atoms with Crippen molar-refractivity contribution >= 4 is 11.0 Å². The molecule has 2 N–H and O–H groups in total. The van der Waals surface area contributed by atoms with Gasteiger partial charge in [-0.15, -0.1) is 0 Å². The van der Waals surface area contributed by atoms with E-state index < -0.39 is 0 Å². The van der Waals surface area contributed by atoms with E-state index in [-0.39, 0.29) is 11.7 Å². The molecule has 2 saturated heterocycles. The number of nitrogens with one attached hydrogen (secondary N) is 2. The van der Waals surface area contributed by atoms with Crippen LogP contribution in [0.4, 0.5) is 0 Å². The van der Waals surface area contributed by atoms with Gasteiger partial charge in [-0.25, -0.2) is 4.79 Å². The molecule has 3 heterocycles. The summed E-state index contributed by atoms with van der Waals surface area (Å²) in [6.45, 7) is 4.15.